The Balaban J connectivity index is 1.58. The van der Waals surface area contributed by atoms with E-state index in [0.717, 1.165) is 28.2 Å². The second-order valence-corrected chi connectivity index (χ2v) is 7.62. The third-order valence-electron chi connectivity index (χ3n) is 4.42. The molecule has 4 nitrogen and oxygen atoms in total. The normalized spacial score (nSPS) is 11.8. The highest BCUT2D eigenvalue weighted by molar-refractivity contribution is 7.14. The summed E-state index contributed by atoms with van der Waals surface area (Å²) in [6.45, 7) is 6.64. The van der Waals surface area contributed by atoms with Gasteiger partial charge in [-0.2, -0.15) is 0 Å². The third kappa shape index (κ3) is 4.95. The predicted molar refractivity (Wildman–Crippen MR) is 109 cm³/mol. The van der Waals surface area contributed by atoms with Gasteiger partial charge in [0.1, 0.15) is 12.4 Å². The molecule has 0 aliphatic rings. The molecule has 3 rings (SSSR count). The van der Waals surface area contributed by atoms with E-state index in [4.69, 9.17) is 4.74 Å². The number of nitrogens with zero attached hydrogens (tertiary/aromatic N) is 1. The average molecular weight is 381 g/mol. The zero-order chi connectivity index (χ0) is 19.2. The zero-order valence-electron chi connectivity index (χ0n) is 15.9. The number of carbonyl (C=O) groups excluding carboxylic acids is 1. The van der Waals surface area contributed by atoms with Gasteiger partial charge in [0.05, 0.1) is 10.9 Å². The number of hydrogen-bond donors (Lipinski definition) is 1. The Bertz CT molecular complexity index is 888. The van der Waals surface area contributed by atoms with E-state index in [-0.39, 0.29) is 11.9 Å². The molecule has 5 heteroatoms. The summed E-state index contributed by atoms with van der Waals surface area (Å²) >= 11 is 1.57. The number of amides is 1. The number of ether oxygens (including phenoxy) is 1. The van der Waals surface area contributed by atoms with Crippen LogP contribution in [0.1, 0.15) is 51.1 Å². The first-order valence-electron chi connectivity index (χ1n) is 9.08. The molecule has 1 N–H and O–H groups in total. The van der Waals surface area contributed by atoms with Crippen molar-refractivity contribution < 1.29 is 9.53 Å². The van der Waals surface area contributed by atoms with Gasteiger partial charge in [0.2, 0.25) is 0 Å². The number of hydrogen-bond acceptors (Lipinski definition) is 4. The molecule has 1 aromatic carbocycles. The summed E-state index contributed by atoms with van der Waals surface area (Å²) in [6, 6.07) is 13.6. The summed E-state index contributed by atoms with van der Waals surface area (Å²) in [7, 11) is 0. The minimum atomic E-state index is -0.0719. The molecule has 0 fully saturated rings. The molecule has 0 spiro atoms. The van der Waals surface area contributed by atoms with Gasteiger partial charge in [0, 0.05) is 22.8 Å². The number of rotatable bonds is 7. The maximum atomic E-state index is 12.5. The molecule has 2 heterocycles. The molecule has 0 saturated heterocycles. The van der Waals surface area contributed by atoms with Crippen LogP contribution in [0, 0.1) is 6.92 Å². The predicted octanol–water partition coefficient (Wildman–Crippen LogP) is 5.08. The van der Waals surface area contributed by atoms with Crippen molar-refractivity contribution in [3.63, 3.8) is 0 Å². The highest BCUT2D eigenvalue weighted by atomic mass is 32.1. The highest BCUT2D eigenvalue weighted by Crippen LogP contribution is 2.24. The minimum absolute atomic E-state index is 0.0211. The summed E-state index contributed by atoms with van der Waals surface area (Å²) in [5.41, 5.74) is 3.26. The Morgan fingerprint density at radius 1 is 1.26 bits per heavy atom. The maximum Gasteiger partial charge on any atom is 0.261 e. The van der Waals surface area contributed by atoms with Crippen molar-refractivity contribution in [1.82, 2.24) is 10.3 Å². The van der Waals surface area contributed by atoms with Crippen LogP contribution in [-0.4, -0.2) is 10.9 Å². The lowest BCUT2D eigenvalue weighted by Gasteiger charge is -2.14. The molecule has 0 aliphatic carbocycles. The Morgan fingerprint density at radius 2 is 2.04 bits per heavy atom. The van der Waals surface area contributed by atoms with Gasteiger partial charge >= 0.3 is 0 Å². The molecule has 2 aromatic heterocycles. The van der Waals surface area contributed by atoms with Crippen LogP contribution in [0.15, 0.2) is 54.9 Å². The van der Waals surface area contributed by atoms with E-state index >= 15 is 0 Å². The van der Waals surface area contributed by atoms with Crippen molar-refractivity contribution >= 4 is 17.2 Å². The van der Waals surface area contributed by atoms with Crippen LogP contribution in [0.25, 0.3) is 0 Å². The molecule has 0 aliphatic heterocycles. The lowest BCUT2D eigenvalue weighted by Crippen LogP contribution is -2.25. The zero-order valence-corrected chi connectivity index (χ0v) is 16.7. The van der Waals surface area contributed by atoms with Gasteiger partial charge in [0.15, 0.2) is 0 Å². The van der Waals surface area contributed by atoms with E-state index in [1.54, 1.807) is 23.7 Å². The summed E-state index contributed by atoms with van der Waals surface area (Å²) in [6.07, 6.45) is 4.50. The topological polar surface area (TPSA) is 51.2 Å². The molecule has 27 heavy (non-hydrogen) atoms. The van der Waals surface area contributed by atoms with Crippen molar-refractivity contribution in [3.05, 3.63) is 81.3 Å². The third-order valence-corrected chi connectivity index (χ3v) is 5.80. The van der Waals surface area contributed by atoms with E-state index in [2.05, 4.69) is 24.1 Å². The Kier molecular flexibility index (Phi) is 6.24. The fourth-order valence-corrected chi connectivity index (χ4v) is 3.85. The second kappa shape index (κ2) is 8.82. The van der Waals surface area contributed by atoms with E-state index < -0.39 is 0 Å². The standard InChI is InChI=1S/C22H24N2O2S/c1-4-20-15(2)12-21(27-20)22(25)24-16(3)18-7-9-19(10-8-18)26-14-17-6-5-11-23-13-17/h5-13,16H,4,14H2,1-3H3,(H,24,25). The van der Waals surface area contributed by atoms with Gasteiger partial charge in [0.25, 0.3) is 5.91 Å². The SMILES string of the molecule is CCc1sc(C(=O)NC(C)c2ccc(OCc3cccnc3)cc2)cc1C. The molecule has 3 aromatic rings. The fraction of sp³-hybridized carbons (Fsp3) is 0.273. The van der Waals surface area contributed by atoms with Gasteiger partial charge in [-0.25, -0.2) is 0 Å². The summed E-state index contributed by atoms with van der Waals surface area (Å²) in [4.78, 5) is 18.6. The summed E-state index contributed by atoms with van der Waals surface area (Å²) in [5.74, 6) is 0.773. The number of pyridine rings is 1. The number of carbonyl (C=O) groups is 1. The van der Waals surface area contributed by atoms with Crippen molar-refractivity contribution in [2.75, 3.05) is 0 Å². The fourth-order valence-electron chi connectivity index (χ4n) is 2.84. The lowest BCUT2D eigenvalue weighted by atomic mass is 10.1. The van der Waals surface area contributed by atoms with Crippen LogP contribution >= 0.6 is 11.3 Å². The lowest BCUT2D eigenvalue weighted by molar-refractivity contribution is 0.0944. The molecule has 0 radical (unpaired) electrons. The Labute approximate surface area is 164 Å². The van der Waals surface area contributed by atoms with Crippen LogP contribution in [0.3, 0.4) is 0 Å². The van der Waals surface area contributed by atoms with Gasteiger partial charge < -0.3 is 10.1 Å². The van der Waals surface area contributed by atoms with Crippen molar-refractivity contribution in [1.29, 1.82) is 0 Å². The number of aromatic nitrogens is 1. The summed E-state index contributed by atoms with van der Waals surface area (Å²) < 4.78 is 5.78. The molecule has 1 unspecified atom stereocenters. The van der Waals surface area contributed by atoms with E-state index in [1.165, 1.54) is 10.4 Å². The largest absolute Gasteiger partial charge is 0.489 e. The molecular weight excluding hydrogens is 356 g/mol. The number of benzene rings is 1. The van der Waals surface area contributed by atoms with E-state index in [0.29, 0.717) is 6.61 Å². The molecule has 0 bridgehead atoms. The molecule has 1 amide bonds. The van der Waals surface area contributed by atoms with Crippen LogP contribution in [-0.2, 0) is 13.0 Å². The van der Waals surface area contributed by atoms with Crippen molar-refractivity contribution in [2.24, 2.45) is 0 Å². The van der Waals surface area contributed by atoms with Gasteiger partial charge in [-0.05, 0) is 55.7 Å². The first-order valence-corrected chi connectivity index (χ1v) is 9.90. The van der Waals surface area contributed by atoms with Gasteiger partial charge in [-0.15, -0.1) is 11.3 Å². The monoisotopic (exact) mass is 380 g/mol. The minimum Gasteiger partial charge on any atom is -0.489 e. The Morgan fingerprint density at radius 3 is 2.67 bits per heavy atom. The number of aryl methyl sites for hydroxylation is 2. The van der Waals surface area contributed by atoms with Crippen LogP contribution < -0.4 is 10.1 Å². The number of nitrogens with one attached hydrogen (secondary N) is 1. The van der Waals surface area contributed by atoms with Crippen molar-refractivity contribution in [3.8, 4) is 5.75 Å². The van der Waals surface area contributed by atoms with Crippen LogP contribution in [0.5, 0.6) is 5.75 Å². The first kappa shape index (κ1) is 19.1. The molecular formula is C22H24N2O2S. The van der Waals surface area contributed by atoms with Crippen molar-refractivity contribution in [2.45, 2.75) is 39.8 Å². The number of thiophene rings is 1. The van der Waals surface area contributed by atoms with Gasteiger partial charge in [-0.3, -0.25) is 9.78 Å². The quantitative estimate of drug-likeness (QED) is 0.621. The molecule has 1 atom stereocenters. The molecule has 0 saturated carbocycles. The first-order chi connectivity index (χ1) is 13.1. The Hall–Kier alpha value is -2.66. The smallest absolute Gasteiger partial charge is 0.261 e. The van der Waals surface area contributed by atoms with Crippen LogP contribution in [0.2, 0.25) is 0 Å². The maximum absolute atomic E-state index is 12.5. The van der Waals surface area contributed by atoms with E-state index in [9.17, 15) is 4.79 Å². The summed E-state index contributed by atoms with van der Waals surface area (Å²) in [5, 5.41) is 3.08. The second-order valence-electron chi connectivity index (χ2n) is 6.48. The average Bonchev–Trinajstić information content (AvgIpc) is 3.08. The highest BCUT2D eigenvalue weighted by Gasteiger charge is 2.15. The molecule has 140 valence electrons. The van der Waals surface area contributed by atoms with Gasteiger partial charge in [-0.1, -0.05) is 25.1 Å². The van der Waals surface area contributed by atoms with Crippen LogP contribution in [0.4, 0.5) is 0 Å². The van der Waals surface area contributed by atoms with E-state index in [1.807, 2.05) is 49.4 Å².